The molecule has 0 spiro atoms. The van der Waals surface area contributed by atoms with E-state index in [1.54, 1.807) is 31.2 Å². The van der Waals surface area contributed by atoms with Gasteiger partial charge in [-0.3, -0.25) is 4.79 Å². The van der Waals surface area contributed by atoms with E-state index in [0.717, 1.165) is 25.5 Å². The van der Waals surface area contributed by atoms with Crippen LogP contribution in [0.1, 0.15) is 42.1 Å². The molecule has 1 nitrogen and oxygen atoms in total. The minimum atomic E-state index is -1.24. The molecule has 2 heteroatoms. The van der Waals surface area contributed by atoms with Gasteiger partial charge in [-0.2, -0.15) is 0 Å². The van der Waals surface area contributed by atoms with Crippen LogP contribution >= 0.6 is 0 Å². The molecule has 0 aromatic heterocycles. The van der Waals surface area contributed by atoms with Gasteiger partial charge >= 0.3 is 0 Å². The van der Waals surface area contributed by atoms with E-state index in [0.29, 0.717) is 11.1 Å². The van der Waals surface area contributed by atoms with Gasteiger partial charge in [-0.25, -0.2) is 4.39 Å². The molecule has 1 saturated carbocycles. The molecule has 1 fully saturated rings. The predicted molar refractivity (Wildman–Crippen MR) is 57.6 cm³/mol. The summed E-state index contributed by atoms with van der Waals surface area (Å²) in [6.45, 7) is 1.65. The highest BCUT2D eigenvalue weighted by Crippen LogP contribution is 2.44. The van der Waals surface area contributed by atoms with Gasteiger partial charge in [0.2, 0.25) is 0 Å². The van der Waals surface area contributed by atoms with Crippen LogP contribution in [0.3, 0.4) is 0 Å². The van der Waals surface area contributed by atoms with Gasteiger partial charge in [0.05, 0.1) is 0 Å². The molecule has 15 heavy (non-hydrogen) atoms. The number of hydrogen-bond donors (Lipinski definition) is 0. The van der Waals surface area contributed by atoms with Gasteiger partial charge in [-0.1, -0.05) is 30.7 Å². The lowest BCUT2D eigenvalue weighted by Crippen LogP contribution is -2.32. The molecule has 1 aromatic carbocycles. The van der Waals surface area contributed by atoms with Crippen molar-refractivity contribution in [1.82, 2.24) is 0 Å². The Balaban J connectivity index is 2.23. The van der Waals surface area contributed by atoms with Crippen molar-refractivity contribution in [3.8, 4) is 0 Å². The second kappa shape index (κ2) is 3.76. The second-order valence-electron chi connectivity index (χ2n) is 4.44. The van der Waals surface area contributed by atoms with E-state index in [1.807, 2.05) is 0 Å². The minimum absolute atomic E-state index is 0.152. The van der Waals surface area contributed by atoms with E-state index in [2.05, 4.69) is 0 Å². The van der Waals surface area contributed by atoms with Crippen molar-refractivity contribution in [3.05, 3.63) is 35.4 Å². The summed E-state index contributed by atoms with van der Waals surface area (Å²) in [6, 6.07) is 6.81. The smallest absolute Gasteiger partial charge is 0.150 e. The summed E-state index contributed by atoms with van der Waals surface area (Å²) < 4.78 is 14.4. The van der Waals surface area contributed by atoms with E-state index < -0.39 is 5.67 Å². The molecule has 2 rings (SSSR count). The molecule has 0 heterocycles. The second-order valence-corrected chi connectivity index (χ2v) is 4.44. The molecule has 0 amide bonds. The Morgan fingerprint density at radius 1 is 1.33 bits per heavy atom. The Morgan fingerprint density at radius 2 is 1.93 bits per heavy atom. The van der Waals surface area contributed by atoms with E-state index in [4.69, 9.17) is 0 Å². The molecule has 0 radical (unpaired) electrons. The number of aldehydes is 1. The summed E-state index contributed by atoms with van der Waals surface area (Å²) >= 11 is 0. The number of alkyl halides is 1. The van der Waals surface area contributed by atoms with Gasteiger partial charge in [0, 0.05) is 5.56 Å². The van der Waals surface area contributed by atoms with Crippen LogP contribution in [-0.4, -0.2) is 6.29 Å². The molecule has 80 valence electrons. The first kappa shape index (κ1) is 10.3. The number of carbonyl (C=O) groups excluding carboxylic acids is 1. The number of hydrogen-bond acceptors (Lipinski definition) is 1. The number of halogens is 1. The van der Waals surface area contributed by atoms with Crippen molar-refractivity contribution in [2.75, 3.05) is 0 Å². The van der Waals surface area contributed by atoms with Crippen molar-refractivity contribution < 1.29 is 9.18 Å². The average molecular weight is 206 g/mol. The minimum Gasteiger partial charge on any atom is -0.298 e. The highest BCUT2D eigenvalue weighted by Gasteiger charge is 2.39. The maximum atomic E-state index is 14.4. The van der Waals surface area contributed by atoms with E-state index >= 15 is 0 Å². The van der Waals surface area contributed by atoms with Crippen LogP contribution in [0.2, 0.25) is 0 Å². The van der Waals surface area contributed by atoms with E-state index in [1.165, 1.54) is 0 Å². The molecular formula is C13H15FO. The zero-order valence-corrected chi connectivity index (χ0v) is 8.87. The van der Waals surface area contributed by atoms with Crippen LogP contribution < -0.4 is 0 Å². The molecule has 1 aromatic rings. The van der Waals surface area contributed by atoms with Crippen molar-refractivity contribution in [2.45, 2.75) is 31.9 Å². The third kappa shape index (κ3) is 1.81. The first-order valence-electron chi connectivity index (χ1n) is 5.39. The molecule has 1 unspecified atom stereocenters. The van der Waals surface area contributed by atoms with Crippen molar-refractivity contribution in [1.29, 1.82) is 0 Å². The van der Waals surface area contributed by atoms with Crippen LogP contribution in [0, 0.1) is 5.92 Å². The highest BCUT2D eigenvalue weighted by atomic mass is 19.1. The van der Waals surface area contributed by atoms with E-state index in [9.17, 15) is 9.18 Å². The summed E-state index contributed by atoms with van der Waals surface area (Å²) in [5.41, 5.74) is 0.0561. The number of benzene rings is 1. The monoisotopic (exact) mass is 206 g/mol. The molecule has 0 bridgehead atoms. The summed E-state index contributed by atoms with van der Waals surface area (Å²) in [4.78, 5) is 10.5. The molecule has 0 aliphatic heterocycles. The standard InChI is InChI=1S/C13H15FO/c1-13(14,11-3-2-4-11)12-7-5-10(9-15)6-8-12/h5-9,11H,2-4H2,1H3. The maximum absolute atomic E-state index is 14.4. The zero-order valence-electron chi connectivity index (χ0n) is 8.87. The van der Waals surface area contributed by atoms with Crippen LogP contribution in [0.4, 0.5) is 4.39 Å². The molecule has 1 aliphatic rings. The van der Waals surface area contributed by atoms with Crippen molar-refractivity contribution >= 4 is 6.29 Å². The Morgan fingerprint density at radius 3 is 2.33 bits per heavy atom. The summed E-state index contributed by atoms with van der Waals surface area (Å²) in [7, 11) is 0. The third-order valence-corrected chi connectivity index (χ3v) is 3.48. The van der Waals surface area contributed by atoms with Crippen molar-refractivity contribution in [3.63, 3.8) is 0 Å². The number of rotatable bonds is 3. The summed E-state index contributed by atoms with van der Waals surface area (Å²) in [5, 5.41) is 0. The fourth-order valence-corrected chi connectivity index (χ4v) is 2.07. The van der Waals surface area contributed by atoms with Gasteiger partial charge in [0.25, 0.3) is 0 Å². The van der Waals surface area contributed by atoms with Gasteiger partial charge in [0.15, 0.2) is 0 Å². The largest absolute Gasteiger partial charge is 0.298 e. The maximum Gasteiger partial charge on any atom is 0.150 e. The lowest BCUT2D eigenvalue weighted by molar-refractivity contribution is 0.0463. The van der Waals surface area contributed by atoms with Gasteiger partial charge in [-0.15, -0.1) is 0 Å². The Labute approximate surface area is 89.3 Å². The van der Waals surface area contributed by atoms with Crippen LogP contribution in [0.5, 0.6) is 0 Å². The van der Waals surface area contributed by atoms with Crippen LogP contribution in [-0.2, 0) is 5.67 Å². The Bertz CT molecular complexity index is 349. The Kier molecular flexibility index (Phi) is 2.59. The predicted octanol–water partition coefficient (Wildman–Crippen LogP) is 3.48. The summed E-state index contributed by atoms with van der Waals surface area (Å²) in [6.07, 6.45) is 3.87. The molecule has 1 aliphatic carbocycles. The first-order valence-corrected chi connectivity index (χ1v) is 5.39. The topological polar surface area (TPSA) is 17.1 Å². The fourth-order valence-electron chi connectivity index (χ4n) is 2.07. The van der Waals surface area contributed by atoms with Gasteiger partial charge in [-0.05, 0) is 31.2 Å². The van der Waals surface area contributed by atoms with Gasteiger partial charge < -0.3 is 0 Å². The Hall–Kier alpha value is -1.18. The van der Waals surface area contributed by atoms with Gasteiger partial charge in [0.1, 0.15) is 12.0 Å². The lowest BCUT2D eigenvalue weighted by Gasteiger charge is -2.37. The zero-order chi connectivity index (χ0) is 10.9. The van der Waals surface area contributed by atoms with Crippen molar-refractivity contribution in [2.24, 2.45) is 5.92 Å². The van der Waals surface area contributed by atoms with Crippen LogP contribution in [0.25, 0.3) is 0 Å². The molecule has 1 atom stereocenters. The lowest BCUT2D eigenvalue weighted by atomic mass is 9.72. The van der Waals surface area contributed by atoms with E-state index in [-0.39, 0.29) is 5.92 Å². The average Bonchev–Trinajstić information content (AvgIpc) is 2.14. The normalized spacial score (nSPS) is 20.4. The highest BCUT2D eigenvalue weighted by molar-refractivity contribution is 5.74. The fraction of sp³-hybridized carbons (Fsp3) is 0.462. The molecule has 0 N–H and O–H groups in total. The third-order valence-electron chi connectivity index (χ3n) is 3.48. The van der Waals surface area contributed by atoms with Crippen LogP contribution in [0.15, 0.2) is 24.3 Å². The summed E-state index contributed by atoms with van der Waals surface area (Å²) in [5.74, 6) is 0.152. The number of carbonyl (C=O) groups is 1. The first-order chi connectivity index (χ1) is 7.14. The molecule has 0 saturated heterocycles. The molecular weight excluding hydrogens is 191 g/mol. The quantitative estimate of drug-likeness (QED) is 0.692. The SMILES string of the molecule is CC(F)(c1ccc(C=O)cc1)C1CCC1.